The number of anilines is 1. The van der Waals surface area contributed by atoms with Gasteiger partial charge in [0.15, 0.2) is 0 Å². The number of hydrogen-bond acceptors (Lipinski definition) is 3. The first kappa shape index (κ1) is 14.8. The number of rotatable bonds is 2. The Kier molecular flexibility index (Phi) is 3.57. The molecule has 2 heterocycles. The first-order valence-electron chi connectivity index (χ1n) is 7.08. The first-order valence-corrected chi connectivity index (χ1v) is 7.08. The van der Waals surface area contributed by atoms with Crippen LogP contribution >= 0.6 is 0 Å². The summed E-state index contributed by atoms with van der Waals surface area (Å²) in [6.45, 7) is 1.92. The number of nitrogens with one attached hydrogen (secondary N) is 1. The van der Waals surface area contributed by atoms with E-state index < -0.39 is 17.8 Å². The molecule has 0 atom stereocenters. The van der Waals surface area contributed by atoms with Crippen molar-refractivity contribution in [3.63, 3.8) is 0 Å². The van der Waals surface area contributed by atoms with Crippen LogP contribution in [0.15, 0.2) is 48.0 Å². The number of nitrogens with zero attached hydrogens (tertiary/aromatic N) is 2. The number of benzene rings is 1. The fraction of sp³-hybridized carbons (Fsp3) is 0.118. The molecule has 1 saturated heterocycles. The van der Waals surface area contributed by atoms with E-state index in [0.29, 0.717) is 11.4 Å². The van der Waals surface area contributed by atoms with Gasteiger partial charge in [-0.15, -0.1) is 0 Å². The largest absolute Gasteiger partial charge is 0.348 e. The predicted molar refractivity (Wildman–Crippen MR) is 85.6 cm³/mol. The highest BCUT2D eigenvalue weighted by Crippen LogP contribution is 2.21. The van der Waals surface area contributed by atoms with Gasteiger partial charge < -0.3 is 4.57 Å². The van der Waals surface area contributed by atoms with Crippen LogP contribution in [0.2, 0.25) is 0 Å². The predicted octanol–water partition coefficient (Wildman–Crippen LogP) is 2.00. The van der Waals surface area contributed by atoms with Crippen LogP contribution in [-0.4, -0.2) is 22.4 Å². The Bertz CT molecular complexity index is 834. The van der Waals surface area contributed by atoms with Gasteiger partial charge in [-0.1, -0.05) is 18.2 Å². The maximum atomic E-state index is 12.6. The third-order valence-electron chi connectivity index (χ3n) is 3.82. The highest BCUT2D eigenvalue weighted by atomic mass is 16.2. The lowest BCUT2D eigenvalue weighted by Crippen LogP contribution is -2.54. The van der Waals surface area contributed by atoms with Crippen molar-refractivity contribution in [1.82, 2.24) is 9.88 Å². The Morgan fingerprint density at radius 3 is 2.30 bits per heavy atom. The highest BCUT2D eigenvalue weighted by molar-refractivity contribution is 6.39. The van der Waals surface area contributed by atoms with Crippen LogP contribution in [0.5, 0.6) is 0 Å². The van der Waals surface area contributed by atoms with Crippen LogP contribution in [0.25, 0.3) is 6.08 Å². The van der Waals surface area contributed by atoms with Crippen LogP contribution in [0, 0.1) is 6.92 Å². The SMILES string of the molecule is Cc1ccc(/C=C2\C(=O)NC(=O)N(c3ccccc3)C2=O)n1C. The maximum absolute atomic E-state index is 12.6. The smallest absolute Gasteiger partial charge is 0.335 e. The van der Waals surface area contributed by atoms with E-state index in [1.807, 2.05) is 30.7 Å². The molecule has 23 heavy (non-hydrogen) atoms. The molecule has 0 aliphatic carbocycles. The Morgan fingerprint density at radius 1 is 1.00 bits per heavy atom. The minimum Gasteiger partial charge on any atom is -0.348 e. The number of urea groups is 1. The van der Waals surface area contributed by atoms with Gasteiger partial charge in [0.2, 0.25) is 0 Å². The zero-order valence-electron chi connectivity index (χ0n) is 12.7. The number of imide groups is 2. The molecular weight excluding hydrogens is 294 g/mol. The molecule has 1 aromatic carbocycles. The standard InChI is InChI=1S/C17H15N3O3/c1-11-8-9-13(19(11)2)10-14-15(21)18-17(23)20(16(14)22)12-6-4-3-5-7-12/h3-10H,1-2H3,(H,18,21,23)/b14-10+. The van der Waals surface area contributed by atoms with E-state index >= 15 is 0 Å². The first-order chi connectivity index (χ1) is 11.0. The van der Waals surface area contributed by atoms with E-state index in [-0.39, 0.29) is 5.57 Å². The zero-order chi connectivity index (χ0) is 16.6. The molecule has 0 unspecified atom stereocenters. The number of aromatic nitrogens is 1. The minimum atomic E-state index is -0.744. The van der Waals surface area contributed by atoms with Crippen molar-refractivity contribution in [3.05, 3.63) is 59.4 Å². The van der Waals surface area contributed by atoms with Gasteiger partial charge >= 0.3 is 6.03 Å². The average Bonchev–Trinajstić information content (AvgIpc) is 2.84. The summed E-state index contributed by atoms with van der Waals surface area (Å²) in [6, 6.07) is 11.4. The molecule has 1 aliphatic heterocycles. The van der Waals surface area contributed by atoms with Crippen molar-refractivity contribution >= 4 is 29.6 Å². The van der Waals surface area contributed by atoms with Crippen LogP contribution in [0.4, 0.5) is 10.5 Å². The Morgan fingerprint density at radius 2 is 1.70 bits per heavy atom. The molecule has 2 aromatic rings. The summed E-state index contributed by atoms with van der Waals surface area (Å²) in [5.41, 5.74) is 2.05. The Hall–Kier alpha value is -3.15. The van der Waals surface area contributed by atoms with Crippen LogP contribution in [-0.2, 0) is 16.6 Å². The third-order valence-corrected chi connectivity index (χ3v) is 3.82. The zero-order valence-corrected chi connectivity index (χ0v) is 12.7. The summed E-state index contributed by atoms with van der Waals surface area (Å²) in [7, 11) is 1.84. The summed E-state index contributed by atoms with van der Waals surface area (Å²) in [6.07, 6.45) is 1.49. The minimum absolute atomic E-state index is 0.0744. The molecule has 0 bridgehead atoms. The molecule has 4 amide bonds. The van der Waals surface area contributed by atoms with E-state index in [2.05, 4.69) is 5.32 Å². The third kappa shape index (κ3) is 2.55. The van der Waals surface area contributed by atoms with Gasteiger partial charge in [-0.05, 0) is 37.3 Å². The van der Waals surface area contributed by atoms with Gasteiger partial charge in [0.05, 0.1) is 5.69 Å². The molecule has 0 saturated carbocycles. The normalized spacial score (nSPS) is 16.9. The second kappa shape index (κ2) is 5.57. The quantitative estimate of drug-likeness (QED) is 0.681. The average molecular weight is 309 g/mol. The fourth-order valence-corrected chi connectivity index (χ4v) is 2.40. The number of carbonyl (C=O) groups is 3. The Balaban J connectivity index is 2.04. The molecule has 0 radical (unpaired) electrons. The number of para-hydroxylation sites is 1. The number of hydrogen-bond donors (Lipinski definition) is 1. The van der Waals surface area contributed by atoms with Crippen molar-refractivity contribution in [2.45, 2.75) is 6.92 Å². The molecule has 6 heteroatoms. The van der Waals surface area contributed by atoms with Crippen molar-refractivity contribution in [2.24, 2.45) is 7.05 Å². The van der Waals surface area contributed by atoms with E-state index in [0.717, 1.165) is 10.6 Å². The van der Waals surface area contributed by atoms with Gasteiger partial charge in [-0.3, -0.25) is 14.9 Å². The molecule has 1 N–H and O–H groups in total. The molecule has 3 rings (SSSR count). The number of aryl methyl sites for hydroxylation is 1. The Labute approximate surface area is 133 Å². The molecule has 1 aromatic heterocycles. The van der Waals surface area contributed by atoms with Crippen molar-refractivity contribution in [3.8, 4) is 0 Å². The number of carbonyl (C=O) groups excluding carboxylic acids is 3. The molecule has 1 aliphatic rings. The summed E-state index contributed by atoms with van der Waals surface area (Å²) in [4.78, 5) is 37.7. The van der Waals surface area contributed by atoms with E-state index in [4.69, 9.17) is 0 Å². The highest BCUT2D eigenvalue weighted by Gasteiger charge is 2.36. The summed E-state index contributed by atoms with van der Waals surface area (Å²) >= 11 is 0. The van der Waals surface area contributed by atoms with Crippen molar-refractivity contribution in [1.29, 1.82) is 0 Å². The summed E-state index contributed by atoms with van der Waals surface area (Å²) in [5.74, 6) is -1.32. The lowest BCUT2D eigenvalue weighted by Gasteiger charge is -2.26. The molecule has 116 valence electrons. The number of barbiturate groups is 1. The van der Waals surface area contributed by atoms with Crippen molar-refractivity contribution in [2.75, 3.05) is 4.90 Å². The molecule has 1 fully saturated rings. The van der Waals surface area contributed by atoms with E-state index in [9.17, 15) is 14.4 Å². The van der Waals surface area contributed by atoms with Gasteiger partial charge in [0, 0.05) is 18.4 Å². The van der Waals surface area contributed by atoms with Gasteiger partial charge in [0.1, 0.15) is 5.57 Å². The van der Waals surface area contributed by atoms with Crippen LogP contribution in [0.3, 0.4) is 0 Å². The fourth-order valence-electron chi connectivity index (χ4n) is 2.40. The van der Waals surface area contributed by atoms with Crippen LogP contribution < -0.4 is 10.2 Å². The van der Waals surface area contributed by atoms with Gasteiger partial charge in [-0.25, -0.2) is 9.69 Å². The van der Waals surface area contributed by atoms with E-state index in [1.54, 1.807) is 30.3 Å². The summed E-state index contributed by atoms with van der Waals surface area (Å²) < 4.78 is 1.86. The molecular formula is C17H15N3O3. The van der Waals surface area contributed by atoms with Gasteiger partial charge in [-0.2, -0.15) is 0 Å². The second-order valence-corrected chi connectivity index (χ2v) is 5.25. The lowest BCUT2D eigenvalue weighted by molar-refractivity contribution is -0.122. The number of amides is 4. The second-order valence-electron chi connectivity index (χ2n) is 5.25. The molecule has 0 spiro atoms. The lowest BCUT2D eigenvalue weighted by atomic mass is 10.1. The maximum Gasteiger partial charge on any atom is 0.335 e. The summed E-state index contributed by atoms with van der Waals surface area (Å²) in [5, 5.41) is 2.20. The van der Waals surface area contributed by atoms with Crippen molar-refractivity contribution < 1.29 is 14.4 Å². The van der Waals surface area contributed by atoms with Crippen LogP contribution in [0.1, 0.15) is 11.4 Å². The van der Waals surface area contributed by atoms with E-state index in [1.165, 1.54) is 6.08 Å². The topological polar surface area (TPSA) is 71.4 Å². The molecule has 6 nitrogen and oxygen atoms in total. The monoisotopic (exact) mass is 309 g/mol. The van der Waals surface area contributed by atoms with Gasteiger partial charge in [0.25, 0.3) is 11.8 Å².